The molecule has 0 radical (unpaired) electrons. The van der Waals surface area contributed by atoms with Gasteiger partial charge in [0.25, 0.3) is 0 Å². The average molecular weight is 263 g/mol. The minimum absolute atomic E-state index is 0.127. The molecule has 46 valence electrons. The van der Waals surface area contributed by atoms with E-state index in [1.165, 1.54) is 0 Å². The summed E-state index contributed by atoms with van der Waals surface area (Å²) in [5.74, 6) is -0.815. The van der Waals surface area contributed by atoms with Crippen molar-refractivity contribution in [2.45, 2.75) is 10.9 Å². The Hall–Kier alpha value is 0.849. The van der Waals surface area contributed by atoms with Gasteiger partial charge >= 0.3 is 62.1 Å². The second-order valence-corrected chi connectivity index (χ2v) is 12.0. The van der Waals surface area contributed by atoms with Gasteiger partial charge in [0.2, 0.25) is 0 Å². The molecule has 8 heavy (non-hydrogen) atoms. The Bertz CT molecular complexity index is 85.4. The summed E-state index contributed by atoms with van der Waals surface area (Å²) in [6.07, 6.45) is 0.127. The van der Waals surface area contributed by atoms with E-state index in [-0.39, 0.29) is 6.42 Å². The van der Waals surface area contributed by atoms with Gasteiger partial charge < -0.3 is 0 Å². The van der Waals surface area contributed by atoms with Crippen LogP contribution in [0, 0.1) is 0 Å². The Morgan fingerprint density at radius 3 is 2.25 bits per heavy atom. The van der Waals surface area contributed by atoms with Crippen molar-refractivity contribution < 1.29 is 9.90 Å². The van der Waals surface area contributed by atoms with Gasteiger partial charge in [0.1, 0.15) is 0 Å². The Kier molecular flexibility index (Phi) is 5.20. The molecule has 0 saturated heterocycles. The van der Waals surface area contributed by atoms with E-state index in [4.69, 9.17) is 22.9 Å². The van der Waals surface area contributed by atoms with Crippen LogP contribution in [0.25, 0.3) is 0 Å². The molecule has 0 amide bonds. The summed E-state index contributed by atoms with van der Waals surface area (Å²) in [4.78, 5) is 9.82. The molecule has 0 aliphatic heterocycles. The van der Waals surface area contributed by atoms with E-state index in [1.807, 2.05) is 0 Å². The van der Waals surface area contributed by atoms with Crippen LogP contribution >= 0.6 is 17.8 Å². The first-order chi connectivity index (χ1) is 3.63. The monoisotopic (exact) mass is 263 g/mol. The normalized spacial score (nSPS) is 8.75. The zero-order chi connectivity index (χ0) is 6.57. The summed E-state index contributed by atoms with van der Waals surface area (Å²) in [5.41, 5.74) is 0. The Labute approximate surface area is 61.9 Å². The maximum absolute atomic E-state index is 9.82. The molecule has 0 bridgehead atoms. The van der Waals surface area contributed by atoms with Crippen LogP contribution in [0.4, 0.5) is 0 Å². The molecule has 0 saturated carbocycles. The fourth-order valence-corrected chi connectivity index (χ4v) is 2.62. The molecule has 0 unspecified atom stereocenters. The third-order valence-electron chi connectivity index (χ3n) is 0.528. The maximum atomic E-state index is 9.82. The van der Waals surface area contributed by atoms with E-state index in [0.29, 0.717) is 4.44 Å². The minimum atomic E-state index is -2.13. The van der Waals surface area contributed by atoms with Crippen LogP contribution in [0.1, 0.15) is 6.42 Å². The summed E-state index contributed by atoms with van der Waals surface area (Å²) < 4.78 is 0.515. The van der Waals surface area contributed by atoms with Crippen LogP contribution in [-0.4, -0.2) is 28.6 Å². The summed E-state index contributed by atoms with van der Waals surface area (Å²) in [5, 5.41) is 8.08. The van der Waals surface area contributed by atoms with Crippen LogP contribution in [-0.2, 0) is 4.79 Å². The molecule has 0 atom stereocenters. The van der Waals surface area contributed by atoms with E-state index in [1.54, 1.807) is 0 Å². The molecular weight excluding hydrogens is 258 g/mol. The zero-order valence-corrected chi connectivity index (χ0v) is 8.39. The first-order valence-electron chi connectivity index (χ1n) is 2.01. The molecule has 0 aliphatic carbocycles. The van der Waals surface area contributed by atoms with Crippen molar-refractivity contribution in [1.29, 1.82) is 0 Å². The van der Waals surface area contributed by atoms with Crippen molar-refractivity contribution in [2.75, 3.05) is 0 Å². The van der Waals surface area contributed by atoms with E-state index < -0.39 is 23.5 Å². The van der Waals surface area contributed by atoms with Crippen LogP contribution in [0.2, 0.25) is 4.44 Å². The summed E-state index contributed by atoms with van der Waals surface area (Å²) in [6.45, 7) is 0. The fraction of sp³-hybridized carbons (Fsp3) is 0.667. The van der Waals surface area contributed by atoms with Crippen LogP contribution in [0.3, 0.4) is 0 Å². The van der Waals surface area contributed by atoms with Gasteiger partial charge in [-0.3, -0.25) is 0 Å². The number of carboxylic acid groups (broad SMARTS) is 1. The molecule has 0 aromatic carbocycles. The van der Waals surface area contributed by atoms with Gasteiger partial charge in [-0.05, 0) is 0 Å². The van der Waals surface area contributed by atoms with Crippen molar-refractivity contribution in [1.82, 2.24) is 0 Å². The number of halogens is 2. The van der Waals surface area contributed by atoms with Crippen molar-refractivity contribution in [3.05, 3.63) is 0 Å². The number of carbonyl (C=O) groups is 1. The fourth-order valence-electron chi connectivity index (χ4n) is 0.201. The van der Waals surface area contributed by atoms with Gasteiger partial charge in [-0.25, -0.2) is 0 Å². The summed E-state index contributed by atoms with van der Waals surface area (Å²) >= 11 is -2.13. The molecule has 0 rings (SSSR count). The number of hydrogen-bond acceptors (Lipinski definition) is 1. The van der Waals surface area contributed by atoms with Gasteiger partial charge in [-0.2, -0.15) is 0 Å². The Balaban J connectivity index is 3.05. The van der Waals surface area contributed by atoms with E-state index in [9.17, 15) is 4.79 Å². The molecular formula is C3H5Cl2O2Sn+. The topological polar surface area (TPSA) is 37.3 Å². The van der Waals surface area contributed by atoms with Gasteiger partial charge in [-0.1, -0.05) is 0 Å². The molecule has 5 heteroatoms. The van der Waals surface area contributed by atoms with Gasteiger partial charge in [0.05, 0.1) is 0 Å². The van der Waals surface area contributed by atoms with Crippen molar-refractivity contribution in [3.8, 4) is 0 Å². The number of aliphatic carboxylic acids is 1. The average Bonchev–Trinajstić information content (AvgIpc) is 1.61. The SMILES string of the molecule is O=C(O)C[CH2][Sn+]([Cl])[Cl]. The number of carboxylic acids is 1. The molecule has 1 N–H and O–H groups in total. The molecule has 0 spiro atoms. The molecule has 0 heterocycles. The van der Waals surface area contributed by atoms with Gasteiger partial charge in [0, 0.05) is 0 Å². The molecule has 0 aromatic heterocycles. The molecule has 0 aromatic rings. The number of rotatable bonds is 3. The Morgan fingerprint density at radius 2 is 2.12 bits per heavy atom. The van der Waals surface area contributed by atoms with E-state index in [0.717, 1.165) is 0 Å². The third kappa shape index (κ3) is 6.85. The molecule has 2 nitrogen and oxygen atoms in total. The third-order valence-corrected chi connectivity index (χ3v) is 4.86. The van der Waals surface area contributed by atoms with Crippen molar-refractivity contribution >= 4 is 41.3 Å². The van der Waals surface area contributed by atoms with E-state index in [2.05, 4.69) is 0 Å². The first-order valence-corrected chi connectivity index (χ1v) is 11.3. The molecule has 0 fully saturated rings. The number of hydrogen-bond donors (Lipinski definition) is 1. The second kappa shape index (κ2) is 4.70. The van der Waals surface area contributed by atoms with E-state index >= 15 is 0 Å². The van der Waals surface area contributed by atoms with Crippen LogP contribution in [0.5, 0.6) is 0 Å². The van der Waals surface area contributed by atoms with Crippen LogP contribution < -0.4 is 0 Å². The standard InChI is InChI=1S/C3H5O2.2ClH.Sn/c1-2-3(4)5;;;/h1-2H2,(H,4,5);2*1H;/q;;;+3/p-2. The summed E-state index contributed by atoms with van der Waals surface area (Å²) in [7, 11) is 10.8. The quantitative estimate of drug-likeness (QED) is 0.782. The van der Waals surface area contributed by atoms with Crippen molar-refractivity contribution in [2.24, 2.45) is 0 Å². The van der Waals surface area contributed by atoms with Gasteiger partial charge in [0.15, 0.2) is 0 Å². The van der Waals surface area contributed by atoms with Crippen molar-refractivity contribution in [3.63, 3.8) is 0 Å². The first kappa shape index (κ1) is 8.85. The van der Waals surface area contributed by atoms with Crippen LogP contribution in [0.15, 0.2) is 0 Å². The predicted molar refractivity (Wildman–Crippen MR) is 34.5 cm³/mol. The van der Waals surface area contributed by atoms with Gasteiger partial charge in [-0.15, -0.1) is 0 Å². The summed E-state index contributed by atoms with van der Waals surface area (Å²) in [6, 6.07) is 0. The predicted octanol–water partition coefficient (Wildman–Crippen LogP) is 1.43. The second-order valence-electron chi connectivity index (χ2n) is 1.23. The Morgan fingerprint density at radius 1 is 1.62 bits per heavy atom. The zero-order valence-electron chi connectivity index (χ0n) is 4.03. The molecule has 0 aliphatic rings.